The number of aliphatic hydroxyl groups excluding tert-OH is 3. The topological polar surface area (TPSA) is 108 Å². The molecular weight excluding hydrogens is 236 g/mol. The van der Waals surface area contributed by atoms with Crippen LogP contribution in [-0.4, -0.2) is 47.3 Å². The Bertz CT molecular complexity index is 372. The minimum atomic E-state index is -1.17. The average Bonchev–Trinajstić information content (AvgIpc) is 2.40. The molecule has 0 aliphatic heterocycles. The smallest absolute Gasteiger partial charge is 0.144 e. The van der Waals surface area contributed by atoms with E-state index in [0.717, 1.165) is 0 Å². The summed E-state index contributed by atoms with van der Waals surface area (Å²) in [5, 5.41) is 30.6. The Morgan fingerprint density at radius 2 is 1.83 bits per heavy atom. The van der Waals surface area contributed by atoms with Gasteiger partial charge in [-0.1, -0.05) is 0 Å². The summed E-state index contributed by atoms with van der Waals surface area (Å²) in [6.45, 7) is 1.15. The molecule has 6 N–H and O–H groups in total. The van der Waals surface area contributed by atoms with Gasteiger partial charge >= 0.3 is 0 Å². The monoisotopic (exact) mass is 256 g/mol. The number of nitrogens with one attached hydrogen (secondary N) is 1. The molecule has 0 heterocycles. The molecule has 0 radical (unpaired) electrons. The first kappa shape index (κ1) is 14.6. The molecule has 0 fully saturated rings. The Hall–Kier alpha value is -1.50. The fourth-order valence-corrected chi connectivity index (χ4v) is 1.47. The number of hydrogen-bond acceptors (Lipinski definition) is 6. The molecule has 0 atom stereocenters. The zero-order valence-electron chi connectivity index (χ0n) is 10.4. The van der Waals surface area contributed by atoms with Gasteiger partial charge in [0.2, 0.25) is 0 Å². The maximum Gasteiger partial charge on any atom is 0.144 e. The van der Waals surface area contributed by atoms with Crippen LogP contribution in [0, 0.1) is 0 Å². The average molecular weight is 256 g/mol. The highest BCUT2D eigenvalue weighted by atomic mass is 16.5. The van der Waals surface area contributed by atoms with Crippen molar-refractivity contribution in [2.75, 3.05) is 37.5 Å². The maximum atomic E-state index is 9.23. The summed E-state index contributed by atoms with van der Waals surface area (Å²) >= 11 is 0. The van der Waals surface area contributed by atoms with Crippen LogP contribution >= 0.6 is 0 Å². The summed E-state index contributed by atoms with van der Waals surface area (Å²) in [4.78, 5) is 0. The fourth-order valence-electron chi connectivity index (χ4n) is 1.47. The van der Waals surface area contributed by atoms with Gasteiger partial charge in [0.05, 0.1) is 32.1 Å². The van der Waals surface area contributed by atoms with E-state index in [0.29, 0.717) is 23.7 Å². The number of benzene rings is 1. The summed E-state index contributed by atoms with van der Waals surface area (Å²) in [7, 11) is 0. The Labute approximate surface area is 106 Å². The van der Waals surface area contributed by atoms with E-state index in [9.17, 15) is 15.3 Å². The molecule has 1 aromatic rings. The largest absolute Gasteiger partial charge is 0.492 e. The molecule has 6 nitrogen and oxygen atoms in total. The second-order valence-electron chi connectivity index (χ2n) is 4.07. The molecule has 102 valence electrons. The maximum absolute atomic E-state index is 9.23. The molecule has 0 unspecified atom stereocenters. The standard InChI is InChI=1S/C12H20N2O4/c1-2-18-11-5-9(3-4-10(11)13)14-12(6-15,7-16)8-17/h3-5,14-17H,2,6-8,13H2,1H3. The minimum Gasteiger partial charge on any atom is -0.492 e. The third kappa shape index (κ3) is 3.25. The van der Waals surface area contributed by atoms with E-state index in [4.69, 9.17) is 10.5 Å². The minimum absolute atomic E-state index is 0.394. The van der Waals surface area contributed by atoms with Crippen molar-refractivity contribution in [3.05, 3.63) is 18.2 Å². The van der Waals surface area contributed by atoms with Crippen molar-refractivity contribution in [1.29, 1.82) is 0 Å². The highest BCUT2D eigenvalue weighted by molar-refractivity contribution is 5.62. The van der Waals surface area contributed by atoms with Gasteiger partial charge in [-0.15, -0.1) is 0 Å². The van der Waals surface area contributed by atoms with E-state index >= 15 is 0 Å². The molecule has 0 spiro atoms. The van der Waals surface area contributed by atoms with E-state index in [1.807, 2.05) is 6.92 Å². The van der Waals surface area contributed by atoms with Gasteiger partial charge in [-0.05, 0) is 19.1 Å². The predicted molar refractivity (Wildman–Crippen MR) is 69.6 cm³/mol. The van der Waals surface area contributed by atoms with E-state index in [2.05, 4.69) is 5.32 Å². The lowest BCUT2D eigenvalue weighted by Gasteiger charge is -2.30. The molecule has 0 saturated carbocycles. The van der Waals surface area contributed by atoms with E-state index < -0.39 is 25.4 Å². The van der Waals surface area contributed by atoms with Crippen LogP contribution in [0.2, 0.25) is 0 Å². The van der Waals surface area contributed by atoms with Gasteiger partial charge < -0.3 is 31.1 Å². The lowest BCUT2D eigenvalue weighted by atomic mass is 10.0. The Morgan fingerprint density at radius 1 is 1.22 bits per heavy atom. The lowest BCUT2D eigenvalue weighted by Crippen LogP contribution is -2.49. The van der Waals surface area contributed by atoms with Gasteiger partial charge in [-0.2, -0.15) is 0 Å². The molecule has 0 amide bonds. The highest BCUT2D eigenvalue weighted by Gasteiger charge is 2.27. The summed E-state index contributed by atoms with van der Waals surface area (Å²) < 4.78 is 5.34. The van der Waals surface area contributed by atoms with Crippen molar-refractivity contribution >= 4 is 11.4 Å². The van der Waals surface area contributed by atoms with E-state index in [1.165, 1.54) is 0 Å². The van der Waals surface area contributed by atoms with Crippen molar-refractivity contribution < 1.29 is 20.1 Å². The second-order valence-corrected chi connectivity index (χ2v) is 4.07. The number of anilines is 2. The zero-order valence-corrected chi connectivity index (χ0v) is 10.4. The first-order valence-corrected chi connectivity index (χ1v) is 5.74. The predicted octanol–water partition coefficient (Wildman–Crippen LogP) is -0.205. The number of aliphatic hydroxyl groups is 3. The van der Waals surface area contributed by atoms with Crippen LogP contribution in [0.4, 0.5) is 11.4 Å². The number of nitrogens with two attached hydrogens (primary N) is 1. The summed E-state index contributed by atoms with van der Waals surface area (Å²) in [5.74, 6) is 0.519. The number of ether oxygens (including phenoxy) is 1. The van der Waals surface area contributed by atoms with Gasteiger partial charge in [0.15, 0.2) is 0 Å². The molecule has 0 saturated heterocycles. The van der Waals surface area contributed by atoms with E-state index in [-0.39, 0.29) is 0 Å². The quantitative estimate of drug-likeness (QED) is 0.432. The molecule has 18 heavy (non-hydrogen) atoms. The molecule has 1 rings (SSSR count). The van der Waals surface area contributed by atoms with Crippen molar-refractivity contribution in [2.45, 2.75) is 12.5 Å². The SMILES string of the molecule is CCOc1cc(NC(CO)(CO)CO)ccc1N. The molecule has 0 bridgehead atoms. The molecule has 0 aliphatic carbocycles. The van der Waals surface area contributed by atoms with Gasteiger partial charge in [-0.3, -0.25) is 0 Å². The van der Waals surface area contributed by atoms with Gasteiger partial charge in [0, 0.05) is 11.8 Å². The van der Waals surface area contributed by atoms with Crippen molar-refractivity contribution in [3.8, 4) is 5.75 Å². The van der Waals surface area contributed by atoms with Crippen LogP contribution in [0.3, 0.4) is 0 Å². The molecule has 6 heteroatoms. The highest BCUT2D eigenvalue weighted by Crippen LogP contribution is 2.27. The first-order valence-electron chi connectivity index (χ1n) is 5.74. The molecule has 0 aliphatic rings. The summed E-state index contributed by atoms with van der Waals surface area (Å²) in [6.07, 6.45) is 0. The molecule has 1 aromatic carbocycles. The fraction of sp³-hybridized carbons (Fsp3) is 0.500. The van der Waals surface area contributed by atoms with Gasteiger partial charge in [0.25, 0.3) is 0 Å². The van der Waals surface area contributed by atoms with Crippen LogP contribution in [0.25, 0.3) is 0 Å². The Balaban J connectivity index is 2.93. The van der Waals surface area contributed by atoms with Gasteiger partial charge in [0.1, 0.15) is 11.3 Å². The third-order valence-corrected chi connectivity index (χ3v) is 2.63. The normalized spacial score (nSPS) is 11.3. The van der Waals surface area contributed by atoms with Crippen molar-refractivity contribution in [2.24, 2.45) is 0 Å². The first-order chi connectivity index (χ1) is 8.60. The zero-order chi connectivity index (χ0) is 13.6. The third-order valence-electron chi connectivity index (χ3n) is 2.63. The van der Waals surface area contributed by atoms with Gasteiger partial charge in [-0.25, -0.2) is 0 Å². The second kappa shape index (κ2) is 6.44. The van der Waals surface area contributed by atoms with Crippen LogP contribution in [0.15, 0.2) is 18.2 Å². The molecular formula is C12H20N2O4. The van der Waals surface area contributed by atoms with Crippen LogP contribution in [0.1, 0.15) is 6.92 Å². The van der Waals surface area contributed by atoms with Crippen LogP contribution in [0.5, 0.6) is 5.75 Å². The summed E-state index contributed by atoms with van der Waals surface area (Å²) in [6, 6.07) is 5.01. The Kier molecular flexibility index (Phi) is 5.21. The number of hydrogen-bond donors (Lipinski definition) is 5. The van der Waals surface area contributed by atoms with Crippen LogP contribution in [-0.2, 0) is 0 Å². The number of nitrogen functional groups attached to an aromatic ring is 1. The van der Waals surface area contributed by atoms with Crippen LogP contribution < -0.4 is 15.8 Å². The summed E-state index contributed by atoms with van der Waals surface area (Å²) in [5.41, 5.74) is 5.68. The van der Waals surface area contributed by atoms with Crippen molar-refractivity contribution in [1.82, 2.24) is 0 Å². The Morgan fingerprint density at radius 3 is 2.33 bits per heavy atom. The number of rotatable bonds is 7. The van der Waals surface area contributed by atoms with E-state index in [1.54, 1.807) is 18.2 Å². The molecule has 0 aromatic heterocycles. The lowest BCUT2D eigenvalue weighted by molar-refractivity contribution is 0.0833. The van der Waals surface area contributed by atoms with Crippen molar-refractivity contribution in [3.63, 3.8) is 0 Å².